The molecule has 1 rings (SSSR count). The Hall–Kier alpha value is -1.22. The number of nitrogens with zero attached hydrogens (tertiary/aromatic N) is 1. The summed E-state index contributed by atoms with van der Waals surface area (Å²) in [6.07, 6.45) is 0.791. The SMILES string of the molecule is COc1ccc(CCN(C)C(C)=O)cc1Cl. The van der Waals surface area contributed by atoms with Gasteiger partial charge in [0.05, 0.1) is 12.1 Å². The van der Waals surface area contributed by atoms with E-state index in [1.165, 1.54) is 0 Å². The Morgan fingerprint density at radius 2 is 2.19 bits per heavy atom. The highest BCUT2D eigenvalue weighted by atomic mass is 35.5. The van der Waals surface area contributed by atoms with Crippen molar-refractivity contribution in [3.8, 4) is 5.75 Å². The van der Waals surface area contributed by atoms with Crippen LogP contribution in [0.25, 0.3) is 0 Å². The largest absolute Gasteiger partial charge is 0.495 e. The van der Waals surface area contributed by atoms with E-state index in [9.17, 15) is 4.79 Å². The van der Waals surface area contributed by atoms with Gasteiger partial charge >= 0.3 is 0 Å². The van der Waals surface area contributed by atoms with Crippen LogP contribution in [0.15, 0.2) is 18.2 Å². The molecule has 0 saturated carbocycles. The van der Waals surface area contributed by atoms with E-state index in [0.717, 1.165) is 12.0 Å². The lowest BCUT2D eigenvalue weighted by molar-refractivity contribution is -0.127. The molecule has 0 atom stereocenters. The van der Waals surface area contributed by atoms with Gasteiger partial charge < -0.3 is 9.64 Å². The number of ether oxygens (including phenoxy) is 1. The number of carbonyl (C=O) groups excluding carboxylic acids is 1. The van der Waals surface area contributed by atoms with Gasteiger partial charge in [0.25, 0.3) is 0 Å². The van der Waals surface area contributed by atoms with Crippen molar-refractivity contribution in [1.82, 2.24) is 4.90 Å². The predicted molar refractivity (Wildman–Crippen MR) is 65.0 cm³/mol. The molecule has 3 nitrogen and oxygen atoms in total. The molecule has 0 aromatic heterocycles. The molecule has 0 heterocycles. The lowest BCUT2D eigenvalue weighted by Crippen LogP contribution is -2.26. The van der Waals surface area contributed by atoms with Crippen LogP contribution in [0.4, 0.5) is 0 Å². The van der Waals surface area contributed by atoms with Crippen LogP contribution in [-0.4, -0.2) is 31.5 Å². The maximum Gasteiger partial charge on any atom is 0.219 e. The highest BCUT2D eigenvalue weighted by molar-refractivity contribution is 6.32. The van der Waals surface area contributed by atoms with Crippen molar-refractivity contribution in [2.45, 2.75) is 13.3 Å². The molecule has 0 saturated heterocycles. The molecule has 0 bridgehead atoms. The van der Waals surface area contributed by atoms with E-state index in [1.807, 2.05) is 18.2 Å². The fourth-order valence-electron chi connectivity index (χ4n) is 1.32. The first-order valence-electron chi connectivity index (χ1n) is 5.08. The van der Waals surface area contributed by atoms with Crippen LogP contribution in [0.5, 0.6) is 5.75 Å². The third kappa shape index (κ3) is 3.42. The van der Waals surface area contributed by atoms with Crippen molar-refractivity contribution in [3.05, 3.63) is 28.8 Å². The van der Waals surface area contributed by atoms with Crippen molar-refractivity contribution in [3.63, 3.8) is 0 Å². The van der Waals surface area contributed by atoms with E-state index in [-0.39, 0.29) is 5.91 Å². The molecule has 0 aliphatic heterocycles. The lowest BCUT2D eigenvalue weighted by Gasteiger charge is -2.14. The minimum absolute atomic E-state index is 0.0691. The van der Waals surface area contributed by atoms with Gasteiger partial charge in [0.15, 0.2) is 0 Å². The van der Waals surface area contributed by atoms with Gasteiger partial charge in [-0.05, 0) is 24.1 Å². The Morgan fingerprint density at radius 3 is 2.69 bits per heavy atom. The fraction of sp³-hybridized carbons (Fsp3) is 0.417. The molecule has 0 aliphatic rings. The van der Waals surface area contributed by atoms with Gasteiger partial charge in [0.2, 0.25) is 5.91 Å². The van der Waals surface area contributed by atoms with Crippen molar-refractivity contribution in [2.24, 2.45) is 0 Å². The second kappa shape index (κ2) is 5.75. The van der Waals surface area contributed by atoms with Crippen LogP contribution >= 0.6 is 11.6 Å². The maximum absolute atomic E-state index is 11.0. The van der Waals surface area contributed by atoms with Crippen molar-refractivity contribution < 1.29 is 9.53 Å². The van der Waals surface area contributed by atoms with Gasteiger partial charge in [-0.25, -0.2) is 0 Å². The van der Waals surface area contributed by atoms with Crippen LogP contribution in [0, 0.1) is 0 Å². The smallest absolute Gasteiger partial charge is 0.219 e. The Kier molecular flexibility index (Phi) is 4.62. The Morgan fingerprint density at radius 1 is 1.50 bits per heavy atom. The van der Waals surface area contributed by atoms with Gasteiger partial charge in [-0.15, -0.1) is 0 Å². The van der Waals surface area contributed by atoms with Crippen LogP contribution in [0.3, 0.4) is 0 Å². The van der Waals surface area contributed by atoms with Crippen LogP contribution in [0.1, 0.15) is 12.5 Å². The summed E-state index contributed by atoms with van der Waals surface area (Å²) < 4.78 is 5.07. The molecular weight excluding hydrogens is 226 g/mol. The van der Waals surface area contributed by atoms with Gasteiger partial charge in [-0.3, -0.25) is 4.79 Å². The number of hydrogen-bond donors (Lipinski definition) is 0. The molecule has 16 heavy (non-hydrogen) atoms. The molecule has 88 valence electrons. The average Bonchev–Trinajstić information content (AvgIpc) is 2.25. The van der Waals surface area contributed by atoms with Gasteiger partial charge in [0.1, 0.15) is 5.75 Å². The van der Waals surface area contributed by atoms with Crippen molar-refractivity contribution in [2.75, 3.05) is 20.7 Å². The van der Waals surface area contributed by atoms with Crippen molar-refractivity contribution >= 4 is 17.5 Å². The zero-order valence-corrected chi connectivity index (χ0v) is 10.5. The summed E-state index contributed by atoms with van der Waals surface area (Å²) >= 11 is 6.00. The fourth-order valence-corrected chi connectivity index (χ4v) is 1.60. The molecule has 0 fully saturated rings. The molecule has 1 aromatic rings. The predicted octanol–water partition coefficient (Wildman–Crippen LogP) is 2.37. The molecular formula is C12H16ClNO2. The van der Waals surface area contributed by atoms with E-state index < -0.39 is 0 Å². The first kappa shape index (κ1) is 12.8. The highest BCUT2D eigenvalue weighted by Gasteiger charge is 2.05. The second-order valence-corrected chi connectivity index (χ2v) is 4.07. The highest BCUT2D eigenvalue weighted by Crippen LogP contribution is 2.25. The number of benzene rings is 1. The van der Waals surface area contributed by atoms with Gasteiger partial charge in [0, 0.05) is 20.5 Å². The van der Waals surface area contributed by atoms with Crippen LogP contribution < -0.4 is 4.74 Å². The second-order valence-electron chi connectivity index (χ2n) is 3.66. The van der Waals surface area contributed by atoms with E-state index in [0.29, 0.717) is 17.3 Å². The number of amides is 1. The standard InChI is InChI=1S/C12H16ClNO2/c1-9(15)14(2)7-6-10-4-5-12(16-3)11(13)8-10/h4-5,8H,6-7H2,1-3H3. The minimum atomic E-state index is 0.0691. The topological polar surface area (TPSA) is 29.5 Å². The van der Waals surface area contributed by atoms with E-state index in [1.54, 1.807) is 26.0 Å². The molecule has 0 aliphatic carbocycles. The summed E-state index contributed by atoms with van der Waals surface area (Å²) in [5.41, 5.74) is 1.10. The number of methoxy groups -OCH3 is 1. The number of rotatable bonds is 4. The normalized spacial score (nSPS) is 10.0. The summed E-state index contributed by atoms with van der Waals surface area (Å²) in [7, 11) is 3.37. The molecule has 0 radical (unpaired) electrons. The number of hydrogen-bond acceptors (Lipinski definition) is 2. The van der Waals surface area contributed by atoms with Crippen molar-refractivity contribution in [1.29, 1.82) is 0 Å². The number of likely N-dealkylation sites (N-methyl/N-ethyl adjacent to an activating group) is 1. The molecule has 4 heteroatoms. The Bertz CT molecular complexity index is 379. The minimum Gasteiger partial charge on any atom is -0.495 e. The Labute approximate surface area is 101 Å². The maximum atomic E-state index is 11.0. The zero-order valence-electron chi connectivity index (χ0n) is 9.79. The molecule has 1 amide bonds. The average molecular weight is 242 g/mol. The summed E-state index contributed by atoms with van der Waals surface area (Å²) in [6, 6.07) is 5.67. The Balaban J connectivity index is 2.62. The summed E-state index contributed by atoms with van der Waals surface area (Å²) in [5.74, 6) is 0.741. The summed E-state index contributed by atoms with van der Waals surface area (Å²) in [4.78, 5) is 12.7. The first-order valence-corrected chi connectivity index (χ1v) is 5.46. The molecule has 0 N–H and O–H groups in total. The molecule has 1 aromatic carbocycles. The third-order valence-corrected chi connectivity index (χ3v) is 2.79. The molecule has 0 spiro atoms. The van der Waals surface area contributed by atoms with Gasteiger partial charge in [-0.2, -0.15) is 0 Å². The van der Waals surface area contributed by atoms with E-state index >= 15 is 0 Å². The third-order valence-electron chi connectivity index (χ3n) is 2.49. The molecule has 0 unspecified atom stereocenters. The number of carbonyl (C=O) groups is 1. The van der Waals surface area contributed by atoms with Crippen LogP contribution in [-0.2, 0) is 11.2 Å². The van der Waals surface area contributed by atoms with E-state index in [2.05, 4.69) is 0 Å². The number of halogens is 1. The van der Waals surface area contributed by atoms with Crippen LogP contribution in [0.2, 0.25) is 5.02 Å². The summed E-state index contributed by atoms with van der Waals surface area (Å²) in [6.45, 7) is 2.25. The summed E-state index contributed by atoms with van der Waals surface area (Å²) in [5, 5.41) is 0.602. The van der Waals surface area contributed by atoms with Gasteiger partial charge in [-0.1, -0.05) is 17.7 Å². The monoisotopic (exact) mass is 241 g/mol. The lowest BCUT2D eigenvalue weighted by atomic mass is 10.1. The quantitative estimate of drug-likeness (QED) is 0.810. The van der Waals surface area contributed by atoms with E-state index in [4.69, 9.17) is 16.3 Å². The first-order chi connectivity index (χ1) is 7.54. The zero-order chi connectivity index (χ0) is 12.1.